The molecule has 1 heterocycles. The first-order valence-electron chi connectivity index (χ1n) is 10.3. The average molecular weight is 697 g/mol. The summed E-state index contributed by atoms with van der Waals surface area (Å²) in [6, 6.07) is 15.1. The van der Waals surface area contributed by atoms with Crippen LogP contribution in [0, 0.1) is 20.2 Å². The number of pyridine rings is 1. The van der Waals surface area contributed by atoms with Gasteiger partial charge in [-0.25, -0.2) is 10.4 Å². The fourth-order valence-corrected chi connectivity index (χ4v) is 2.78. The van der Waals surface area contributed by atoms with Crippen LogP contribution in [0.1, 0.15) is 41.2 Å². The smallest absolute Gasteiger partial charge is 0.857 e. The van der Waals surface area contributed by atoms with E-state index in [-0.39, 0.29) is 48.7 Å². The van der Waals surface area contributed by atoms with Crippen molar-refractivity contribution in [2.75, 3.05) is 0 Å². The average Bonchev–Trinajstić information content (AvgIpc) is 2.90. The second kappa shape index (κ2) is 13.0. The Balaban J connectivity index is 0.00000481. The van der Waals surface area contributed by atoms with Gasteiger partial charge in [0, 0.05) is 35.7 Å². The van der Waals surface area contributed by atoms with Crippen molar-refractivity contribution in [3.05, 3.63) is 109 Å². The number of nitro groups is 2. The minimum Gasteiger partial charge on any atom is -0.857 e. The number of carbonyl (C=O) groups is 1. The number of hydrogen-bond donors (Lipinski definition) is 1. The van der Waals surface area contributed by atoms with Gasteiger partial charge in [-0.15, -0.1) is 0 Å². The maximum Gasteiger partial charge on any atom is 3.00 e. The topological polar surface area (TPSA) is 188 Å². The first-order chi connectivity index (χ1) is 17.2. The third kappa shape index (κ3) is 7.77. The zero-order valence-electron chi connectivity index (χ0n) is 19.4. The van der Waals surface area contributed by atoms with Gasteiger partial charge in [0.2, 0.25) is 0 Å². The minimum atomic E-state index is -0.674. The van der Waals surface area contributed by atoms with Crippen LogP contribution in [-0.4, -0.2) is 64.3 Å². The Bertz CT molecular complexity index is 1400. The third-order valence-corrected chi connectivity index (χ3v) is 4.77. The molecule has 37 heavy (non-hydrogen) atoms. The van der Waals surface area contributed by atoms with Crippen molar-refractivity contribution in [2.45, 2.75) is 13.8 Å². The van der Waals surface area contributed by atoms with Crippen LogP contribution >= 0.6 is 0 Å². The zero-order valence-corrected chi connectivity index (χ0v) is 22.9. The molecular weight excluding hydrogens is 679 g/mol. The van der Waals surface area contributed by atoms with Crippen LogP contribution in [0.15, 0.2) is 82.0 Å². The molecular formula is C23H18BiN7O6+2. The maximum absolute atomic E-state index is 12.2. The standard InChI is InChI=1S/C23H19N7O6.Bi/c1-14(25-27-22(31)16-6-10-18(11-7-16)29(33)34)20-4-3-5-21(24-20)15(2)26-28-23(32)17-8-12-19(13-9-17)30(35)36;/h3-13H,1-2H3,(H,27,31)(H,28,32);/q;+3/p-1/b25-14+,26-15+;. The third-order valence-electron chi connectivity index (χ3n) is 4.77. The van der Waals surface area contributed by atoms with Crippen LogP contribution in [-0.2, 0) is 0 Å². The van der Waals surface area contributed by atoms with Gasteiger partial charge in [-0.1, -0.05) is 6.07 Å². The van der Waals surface area contributed by atoms with Gasteiger partial charge >= 0.3 is 26.2 Å². The van der Waals surface area contributed by atoms with E-state index in [9.17, 15) is 30.1 Å². The van der Waals surface area contributed by atoms with E-state index in [1.54, 1.807) is 32.0 Å². The van der Waals surface area contributed by atoms with Crippen molar-refractivity contribution in [3.8, 4) is 0 Å². The predicted octanol–water partition coefficient (Wildman–Crippen LogP) is 2.20. The summed E-state index contributed by atoms with van der Waals surface area (Å²) in [5.74, 6) is -1.23. The van der Waals surface area contributed by atoms with Gasteiger partial charge in [-0.05, 0) is 55.8 Å². The van der Waals surface area contributed by atoms with E-state index in [1.165, 1.54) is 48.5 Å². The Hall–Kier alpha value is -4.45. The maximum atomic E-state index is 12.2. The summed E-state index contributed by atoms with van der Waals surface area (Å²) < 4.78 is 0. The van der Waals surface area contributed by atoms with E-state index in [4.69, 9.17) is 0 Å². The van der Waals surface area contributed by atoms with Gasteiger partial charge in [-0.2, -0.15) is 15.3 Å². The van der Waals surface area contributed by atoms with E-state index >= 15 is 0 Å². The molecule has 0 bridgehead atoms. The first kappa shape index (κ1) is 28.8. The van der Waals surface area contributed by atoms with E-state index in [1.807, 2.05) is 0 Å². The molecule has 0 aliphatic carbocycles. The largest absolute Gasteiger partial charge is 3.00 e. The van der Waals surface area contributed by atoms with Crippen LogP contribution < -0.4 is 10.5 Å². The molecule has 0 saturated carbocycles. The Labute approximate surface area is 229 Å². The van der Waals surface area contributed by atoms with Gasteiger partial charge in [0.1, 0.15) is 0 Å². The van der Waals surface area contributed by atoms with Gasteiger partial charge in [0.05, 0.1) is 32.7 Å². The van der Waals surface area contributed by atoms with Crippen LogP contribution in [0.3, 0.4) is 0 Å². The molecule has 1 aromatic heterocycles. The molecule has 0 fully saturated rings. The molecule has 0 atom stereocenters. The number of rotatable bonds is 8. The van der Waals surface area contributed by atoms with Crippen LogP contribution in [0.4, 0.5) is 11.4 Å². The van der Waals surface area contributed by atoms with Gasteiger partial charge in [0.25, 0.3) is 17.3 Å². The van der Waals surface area contributed by atoms with Crippen molar-refractivity contribution in [1.29, 1.82) is 0 Å². The summed E-state index contributed by atoms with van der Waals surface area (Å²) in [6.07, 6.45) is 0. The number of non-ortho nitro benzene ring substituents is 2. The van der Waals surface area contributed by atoms with Crippen LogP contribution in [0.25, 0.3) is 0 Å². The van der Waals surface area contributed by atoms with Crippen LogP contribution in [0.2, 0.25) is 0 Å². The van der Waals surface area contributed by atoms with E-state index < -0.39 is 21.7 Å². The molecule has 0 aliphatic heterocycles. The predicted molar refractivity (Wildman–Crippen MR) is 135 cm³/mol. The molecule has 3 rings (SSSR count). The molecule has 0 spiro atoms. The number of hydrazone groups is 1. The molecule has 0 unspecified atom stereocenters. The molecule has 1 N–H and O–H groups in total. The molecule has 0 aliphatic rings. The molecule has 13 nitrogen and oxygen atoms in total. The monoisotopic (exact) mass is 697 g/mol. The number of hydrogen-bond acceptors (Lipinski definition) is 10. The molecule has 184 valence electrons. The Morgan fingerprint density at radius 3 is 1.78 bits per heavy atom. The quantitative estimate of drug-likeness (QED) is 0.123. The number of amides is 1. The Morgan fingerprint density at radius 1 is 0.784 bits per heavy atom. The fourth-order valence-electron chi connectivity index (χ4n) is 2.78. The van der Waals surface area contributed by atoms with E-state index in [0.717, 1.165) is 0 Å². The number of aromatic nitrogens is 1. The van der Waals surface area contributed by atoms with Gasteiger partial charge in [0.15, 0.2) is 0 Å². The molecule has 2 radical (unpaired) electrons. The summed E-state index contributed by atoms with van der Waals surface area (Å²) in [5.41, 5.74) is 3.96. The second-order valence-corrected chi connectivity index (χ2v) is 7.24. The van der Waals surface area contributed by atoms with Crippen molar-refractivity contribution >= 4 is 60.8 Å². The number of carbonyl (C=O) groups excluding carboxylic acids is 1. The first-order valence-corrected chi connectivity index (χ1v) is 10.3. The zero-order chi connectivity index (χ0) is 26.2. The summed E-state index contributed by atoms with van der Waals surface area (Å²) in [4.78, 5) is 37.0. The number of nitro benzene ring substituents is 2. The minimum absolute atomic E-state index is 0. The molecule has 1 amide bonds. The van der Waals surface area contributed by atoms with Gasteiger partial charge in [-0.3, -0.25) is 25.0 Å². The molecule has 0 saturated heterocycles. The second-order valence-electron chi connectivity index (χ2n) is 7.24. The summed E-state index contributed by atoms with van der Waals surface area (Å²) in [7, 11) is 0. The number of nitrogens with zero attached hydrogens (tertiary/aromatic N) is 6. The summed E-state index contributed by atoms with van der Waals surface area (Å²) in [6.45, 7) is 3.22. The SMILES string of the molecule is C/C(=N\N=C(/[O-])c1ccc([N+](=O)[O-])cc1)c1cccc(/C(C)=N/NC(=O)c2ccc([N+](=O)[O-])cc2)n1.[Bi+3]. The Kier molecular flexibility index (Phi) is 10.1. The van der Waals surface area contributed by atoms with Crippen molar-refractivity contribution in [2.24, 2.45) is 15.3 Å². The molecule has 14 heteroatoms. The fraction of sp³-hybridized carbons (Fsp3) is 0.0870. The number of benzene rings is 2. The van der Waals surface area contributed by atoms with Crippen molar-refractivity contribution < 1.29 is 19.7 Å². The number of nitrogens with one attached hydrogen (secondary N) is 1. The van der Waals surface area contributed by atoms with Crippen molar-refractivity contribution in [1.82, 2.24) is 10.4 Å². The summed E-state index contributed by atoms with van der Waals surface area (Å²) >= 11 is 0. The molecule has 3 aromatic rings. The van der Waals surface area contributed by atoms with Gasteiger partial charge < -0.3 is 5.11 Å². The Morgan fingerprint density at radius 2 is 1.27 bits per heavy atom. The van der Waals surface area contributed by atoms with E-state index in [0.29, 0.717) is 22.8 Å². The molecule has 2 aromatic carbocycles. The normalized spacial score (nSPS) is 11.9. The van der Waals surface area contributed by atoms with Crippen LogP contribution in [0.5, 0.6) is 0 Å². The summed E-state index contributed by atoms with van der Waals surface area (Å²) in [5, 5.41) is 45.2. The van der Waals surface area contributed by atoms with Crippen molar-refractivity contribution in [3.63, 3.8) is 0 Å². The van der Waals surface area contributed by atoms with E-state index in [2.05, 4.69) is 25.7 Å².